The first kappa shape index (κ1) is 22.3. The number of nitrogens with zero attached hydrogens (tertiary/aromatic N) is 1. The molecule has 1 saturated carbocycles. The summed E-state index contributed by atoms with van der Waals surface area (Å²) in [5.74, 6) is 0.127. The van der Waals surface area contributed by atoms with Crippen LogP contribution in [0.5, 0.6) is 0 Å². The van der Waals surface area contributed by atoms with Crippen molar-refractivity contribution >= 4 is 22.7 Å². The second kappa shape index (κ2) is 8.06. The number of fused-ring (bicyclic) bond motifs is 1. The van der Waals surface area contributed by atoms with E-state index in [1.807, 2.05) is 0 Å². The highest BCUT2D eigenvalue weighted by Gasteiger charge is 2.48. The summed E-state index contributed by atoms with van der Waals surface area (Å²) in [5, 5.41) is 11.5. The first-order valence-corrected chi connectivity index (χ1v) is 10.8. The van der Waals surface area contributed by atoms with Gasteiger partial charge in [-0.3, -0.25) is 10.2 Å². The average molecular weight is 413 g/mol. The summed E-state index contributed by atoms with van der Waals surface area (Å²) in [6.07, 6.45) is 4.07. The van der Waals surface area contributed by atoms with E-state index in [0.29, 0.717) is 22.9 Å². The third-order valence-electron chi connectivity index (χ3n) is 5.89. The molecule has 1 fully saturated rings. The average Bonchev–Trinajstić information content (AvgIpc) is 3.04. The third-order valence-corrected chi connectivity index (χ3v) is 5.89. The maximum Gasteiger partial charge on any atom is 0.287 e. The fraction of sp³-hybridized carbons (Fsp3) is 0.583. The highest BCUT2D eigenvalue weighted by atomic mass is 16.3. The van der Waals surface area contributed by atoms with Gasteiger partial charge in [-0.2, -0.15) is 4.90 Å². The first-order chi connectivity index (χ1) is 13.9. The molecule has 0 aliphatic heterocycles. The Labute approximate surface area is 179 Å². The molecule has 1 aromatic carbocycles. The van der Waals surface area contributed by atoms with E-state index >= 15 is 0 Å². The van der Waals surface area contributed by atoms with Crippen LogP contribution in [0.1, 0.15) is 83.3 Å². The van der Waals surface area contributed by atoms with Crippen molar-refractivity contribution < 1.29 is 9.21 Å². The fourth-order valence-corrected chi connectivity index (χ4v) is 5.16. The van der Waals surface area contributed by atoms with Crippen molar-refractivity contribution in [3.63, 3.8) is 0 Å². The summed E-state index contributed by atoms with van der Waals surface area (Å²) in [6, 6.07) is 7.67. The molecule has 1 amide bonds. The molecule has 4 N–H and O–H groups in total. The Balaban J connectivity index is 1.64. The van der Waals surface area contributed by atoms with Crippen molar-refractivity contribution in [3.8, 4) is 0 Å². The first-order valence-electron chi connectivity index (χ1n) is 10.8. The minimum atomic E-state index is -0.178. The lowest BCUT2D eigenvalue weighted by Gasteiger charge is -2.42. The smallest absolute Gasteiger partial charge is 0.287 e. The predicted molar refractivity (Wildman–Crippen MR) is 122 cm³/mol. The molecule has 6 nitrogen and oxygen atoms in total. The van der Waals surface area contributed by atoms with Gasteiger partial charge in [-0.25, -0.2) is 0 Å². The van der Waals surface area contributed by atoms with Crippen LogP contribution in [0.4, 0.5) is 0 Å². The number of rotatable bonds is 4. The highest BCUT2D eigenvalue weighted by molar-refractivity contribution is 6.00. The Kier molecular flexibility index (Phi) is 6.01. The van der Waals surface area contributed by atoms with Crippen LogP contribution in [0, 0.1) is 5.41 Å². The summed E-state index contributed by atoms with van der Waals surface area (Å²) in [4.78, 5) is 15.4. The number of benzene rings is 1. The zero-order valence-corrected chi connectivity index (χ0v) is 19.1. The second-order valence-corrected chi connectivity index (χ2v) is 10.5. The molecule has 2 aromatic rings. The number of amides is 1. The molecular weight excluding hydrogens is 376 g/mol. The van der Waals surface area contributed by atoms with Gasteiger partial charge in [0, 0.05) is 29.8 Å². The van der Waals surface area contributed by atoms with Crippen LogP contribution in [-0.4, -0.2) is 34.9 Å². The fourth-order valence-electron chi connectivity index (χ4n) is 5.16. The molecule has 30 heavy (non-hydrogen) atoms. The van der Waals surface area contributed by atoms with Crippen LogP contribution in [0.2, 0.25) is 0 Å². The van der Waals surface area contributed by atoms with Crippen LogP contribution in [0.15, 0.2) is 28.7 Å². The van der Waals surface area contributed by atoms with Gasteiger partial charge >= 0.3 is 0 Å². The topological polar surface area (TPSA) is 98.0 Å². The number of carbonyl (C=O) groups is 1. The molecule has 3 rings (SSSR count). The minimum Gasteiger partial charge on any atom is -0.451 e. The van der Waals surface area contributed by atoms with Gasteiger partial charge in [0.05, 0.1) is 0 Å². The largest absolute Gasteiger partial charge is 0.451 e. The zero-order valence-electron chi connectivity index (χ0n) is 19.1. The van der Waals surface area contributed by atoms with Crippen LogP contribution < -0.4 is 16.0 Å². The molecule has 6 heteroatoms. The molecule has 0 bridgehead atoms. The lowest BCUT2D eigenvalue weighted by atomic mass is 9.84. The number of nitrogen functional groups attached to an aromatic ring is 1. The van der Waals surface area contributed by atoms with Gasteiger partial charge < -0.3 is 15.5 Å². The molecule has 1 aliphatic carbocycles. The van der Waals surface area contributed by atoms with E-state index < -0.39 is 0 Å². The quantitative estimate of drug-likeness (QED) is 0.392. The Bertz CT molecular complexity index is 911. The standard InChI is InChI=1S/C24H36N4O2/c1-23(2,3)28(24(4,5)6)18-10-8-17(9-11-18)27-22(29)20-14-16-13-15(21(25)26)7-12-19(16)30-20/h7,12-14,17-18H,8-11H2,1-6H3,(H3,25,26)(H,27,29)/q+1/t17-,18-. The lowest BCUT2D eigenvalue weighted by molar-refractivity contribution is 0.0690. The molecule has 0 saturated heterocycles. The number of carbonyl (C=O) groups excluding carboxylic acids is 1. The van der Waals surface area contributed by atoms with Gasteiger partial charge in [0.15, 0.2) is 5.76 Å². The summed E-state index contributed by atoms with van der Waals surface area (Å²) in [7, 11) is 0. The van der Waals surface area contributed by atoms with E-state index in [-0.39, 0.29) is 28.9 Å². The summed E-state index contributed by atoms with van der Waals surface area (Å²) < 4.78 is 5.72. The monoisotopic (exact) mass is 412 g/mol. The third kappa shape index (κ3) is 4.86. The number of nitrogens with one attached hydrogen (secondary N) is 2. The molecule has 1 aromatic heterocycles. The summed E-state index contributed by atoms with van der Waals surface area (Å²) in [5.41, 5.74) is 7.00. The predicted octanol–water partition coefficient (Wildman–Crippen LogP) is 4.49. The van der Waals surface area contributed by atoms with Crippen LogP contribution >= 0.6 is 0 Å². The van der Waals surface area contributed by atoms with Crippen molar-refractivity contribution in [2.75, 3.05) is 0 Å². The Morgan fingerprint density at radius 2 is 1.67 bits per heavy atom. The highest BCUT2D eigenvalue weighted by Crippen LogP contribution is 2.32. The van der Waals surface area contributed by atoms with Crippen molar-refractivity contribution in [1.29, 1.82) is 5.41 Å². The SMILES string of the molecule is CC(C)(C)[N+]([C@H]1CC[C@H](NC(=O)c2cc3cc(C(=N)N)ccc3o2)CC1)C(C)(C)C. The van der Waals surface area contributed by atoms with E-state index in [2.05, 4.69) is 51.8 Å². The second-order valence-electron chi connectivity index (χ2n) is 10.5. The van der Waals surface area contributed by atoms with Crippen molar-refractivity contribution in [3.05, 3.63) is 35.6 Å². The number of hydrogen-bond acceptors (Lipinski definition) is 4. The molecule has 1 aliphatic rings. The van der Waals surface area contributed by atoms with Gasteiger partial charge in [-0.05, 0) is 78.6 Å². The minimum absolute atomic E-state index is 0.000388. The maximum absolute atomic E-state index is 12.8. The van der Waals surface area contributed by atoms with Gasteiger partial charge in [-0.1, -0.05) is 0 Å². The maximum atomic E-state index is 12.8. The summed E-state index contributed by atoms with van der Waals surface area (Å²) >= 11 is 0. The number of amidine groups is 1. The van der Waals surface area contributed by atoms with E-state index in [1.165, 1.54) is 0 Å². The molecule has 0 spiro atoms. The summed E-state index contributed by atoms with van der Waals surface area (Å²) in [6.45, 7) is 13.7. The van der Waals surface area contributed by atoms with Gasteiger partial charge in [0.25, 0.3) is 5.91 Å². The zero-order chi connectivity index (χ0) is 22.3. The molecule has 0 unspecified atom stereocenters. The van der Waals surface area contributed by atoms with Crippen molar-refractivity contribution in [2.45, 2.75) is 90.4 Å². The van der Waals surface area contributed by atoms with Gasteiger partial charge in [0.2, 0.25) is 0 Å². The number of hydrogen-bond donors (Lipinski definition) is 3. The number of furan rings is 1. The Morgan fingerprint density at radius 1 is 1.07 bits per heavy atom. The molecule has 1 radical (unpaired) electrons. The molecular formula is C24H36N4O2+. The van der Waals surface area contributed by atoms with Gasteiger partial charge in [-0.15, -0.1) is 0 Å². The van der Waals surface area contributed by atoms with E-state index in [4.69, 9.17) is 15.6 Å². The molecule has 163 valence electrons. The normalized spacial score (nSPS) is 20.5. The number of nitrogens with two attached hydrogens (primary N) is 1. The van der Waals surface area contributed by atoms with E-state index in [0.717, 1.165) is 31.1 Å². The Hall–Kier alpha value is -2.34. The molecule has 0 atom stereocenters. The Morgan fingerprint density at radius 3 is 2.20 bits per heavy atom. The van der Waals surface area contributed by atoms with Crippen molar-refractivity contribution in [1.82, 2.24) is 10.2 Å². The van der Waals surface area contributed by atoms with Crippen LogP contribution in [0.3, 0.4) is 0 Å². The van der Waals surface area contributed by atoms with Crippen LogP contribution in [0.25, 0.3) is 11.0 Å². The van der Waals surface area contributed by atoms with E-state index in [9.17, 15) is 4.79 Å². The van der Waals surface area contributed by atoms with Crippen LogP contribution in [-0.2, 0) is 0 Å². The molecule has 1 heterocycles. The van der Waals surface area contributed by atoms with E-state index in [1.54, 1.807) is 24.3 Å². The lowest BCUT2D eigenvalue weighted by Crippen LogP contribution is -2.63. The van der Waals surface area contributed by atoms with Crippen molar-refractivity contribution in [2.24, 2.45) is 5.73 Å². The van der Waals surface area contributed by atoms with Gasteiger partial charge in [0.1, 0.15) is 28.5 Å².